The number of anilines is 1. The Bertz CT molecular complexity index is 1430. The molecule has 4 aromatic rings. The summed E-state index contributed by atoms with van der Waals surface area (Å²) < 4.78 is 7.32. The van der Waals surface area contributed by atoms with E-state index in [4.69, 9.17) is 9.72 Å². The Morgan fingerprint density at radius 2 is 1.72 bits per heavy atom. The number of amides is 3. The highest BCUT2D eigenvalue weighted by Gasteiger charge is 2.33. The van der Waals surface area contributed by atoms with Crippen molar-refractivity contribution >= 4 is 17.6 Å². The summed E-state index contributed by atoms with van der Waals surface area (Å²) >= 11 is 0. The van der Waals surface area contributed by atoms with E-state index in [1.54, 1.807) is 20.2 Å². The summed E-state index contributed by atoms with van der Waals surface area (Å²) in [6.07, 6.45) is 4.00. The molecule has 1 fully saturated rings. The molecule has 39 heavy (non-hydrogen) atoms. The van der Waals surface area contributed by atoms with Crippen LogP contribution < -0.4 is 15.4 Å². The summed E-state index contributed by atoms with van der Waals surface area (Å²) in [5.74, 6) is 1.43. The second-order valence-corrected chi connectivity index (χ2v) is 9.56. The number of carbonyl (C=O) groups excluding carboxylic acids is 2. The fourth-order valence-corrected chi connectivity index (χ4v) is 5.00. The van der Waals surface area contributed by atoms with E-state index < -0.39 is 0 Å². The first-order valence-corrected chi connectivity index (χ1v) is 13.2. The normalized spacial score (nSPS) is 14.7. The maximum atomic E-state index is 13.3. The van der Waals surface area contributed by atoms with E-state index in [0.29, 0.717) is 30.9 Å². The summed E-state index contributed by atoms with van der Waals surface area (Å²) in [6.45, 7) is 1.11. The minimum Gasteiger partial charge on any atom is -0.497 e. The molecule has 0 spiro atoms. The molecule has 8 nitrogen and oxygen atoms in total. The van der Waals surface area contributed by atoms with Gasteiger partial charge in [-0.15, -0.1) is 0 Å². The first-order valence-electron chi connectivity index (χ1n) is 13.2. The molecule has 2 N–H and O–H groups in total. The fourth-order valence-electron chi connectivity index (χ4n) is 5.00. The molecule has 3 aromatic carbocycles. The van der Waals surface area contributed by atoms with Crippen LogP contribution in [0.25, 0.3) is 22.4 Å². The number of likely N-dealkylation sites (tertiary alicyclic amines) is 1. The molecule has 1 aliphatic heterocycles. The van der Waals surface area contributed by atoms with Gasteiger partial charge in [-0.25, -0.2) is 9.78 Å². The van der Waals surface area contributed by atoms with Crippen LogP contribution in [0, 0.1) is 0 Å². The highest BCUT2D eigenvalue weighted by Crippen LogP contribution is 2.34. The number of hydrogen-bond donors (Lipinski definition) is 2. The van der Waals surface area contributed by atoms with Gasteiger partial charge >= 0.3 is 6.03 Å². The van der Waals surface area contributed by atoms with Gasteiger partial charge in [0.1, 0.15) is 11.6 Å². The standard InChI is InChI=1S/C31H33N5O3/c1-32-29(37)17-19-35-21-27(24-15-13-23(14-16-24)22-8-4-3-5-9-22)34-30(35)28-12-7-18-36(28)31(38)33-25-10-6-11-26(20-25)39-2/h3-6,8-11,13-16,20-21,28H,7,12,17-19H2,1-2H3,(H,32,37)(H,33,38). The van der Waals surface area contributed by atoms with Crippen LogP contribution in [0.1, 0.15) is 31.1 Å². The van der Waals surface area contributed by atoms with Gasteiger partial charge in [0.05, 0.1) is 18.8 Å². The molecule has 0 aliphatic carbocycles. The zero-order valence-corrected chi connectivity index (χ0v) is 22.3. The van der Waals surface area contributed by atoms with Crippen molar-refractivity contribution < 1.29 is 14.3 Å². The van der Waals surface area contributed by atoms with E-state index in [0.717, 1.165) is 41.1 Å². The predicted molar refractivity (Wildman–Crippen MR) is 152 cm³/mol. The summed E-state index contributed by atoms with van der Waals surface area (Å²) in [4.78, 5) is 32.3. The van der Waals surface area contributed by atoms with Crippen molar-refractivity contribution in [3.8, 4) is 28.1 Å². The average molecular weight is 524 g/mol. The van der Waals surface area contributed by atoms with Crippen LogP contribution in [-0.2, 0) is 11.3 Å². The van der Waals surface area contributed by atoms with Crippen LogP contribution in [0.4, 0.5) is 10.5 Å². The van der Waals surface area contributed by atoms with Gasteiger partial charge in [-0.05, 0) is 36.1 Å². The number of carbonyl (C=O) groups is 2. The van der Waals surface area contributed by atoms with E-state index in [1.807, 2.05) is 52.1 Å². The van der Waals surface area contributed by atoms with Gasteiger partial charge in [-0.2, -0.15) is 0 Å². The number of aryl methyl sites for hydroxylation is 1. The molecule has 3 amide bonds. The van der Waals surface area contributed by atoms with E-state index in [-0.39, 0.29) is 18.0 Å². The summed E-state index contributed by atoms with van der Waals surface area (Å²) in [7, 11) is 3.24. The summed E-state index contributed by atoms with van der Waals surface area (Å²) in [6, 6.07) is 25.5. The van der Waals surface area contributed by atoms with E-state index in [2.05, 4.69) is 47.0 Å². The van der Waals surface area contributed by atoms with Crippen LogP contribution in [0.3, 0.4) is 0 Å². The lowest BCUT2D eigenvalue weighted by Gasteiger charge is -2.25. The first kappa shape index (κ1) is 26.0. The molecule has 5 rings (SSSR count). The minimum absolute atomic E-state index is 0.0394. The highest BCUT2D eigenvalue weighted by atomic mass is 16.5. The maximum absolute atomic E-state index is 13.3. The topological polar surface area (TPSA) is 88.5 Å². The number of imidazole rings is 1. The molecule has 0 saturated carbocycles. The summed E-state index contributed by atoms with van der Waals surface area (Å²) in [5, 5.41) is 5.69. The van der Waals surface area contributed by atoms with Crippen LogP contribution in [-0.4, -0.2) is 47.1 Å². The Labute approximate surface area is 228 Å². The smallest absolute Gasteiger partial charge is 0.322 e. The molecular weight excluding hydrogens is 490 g/mol. The number of benzene rings is 3. The number of aromatic nitrogens is 2. The van der Waals surface area contributed by atoms with Crippen molar-refractivity contribution in [1.29, 1.82) is 0 Å². The summed E-state index contributed by atoms with van der Waals surface area (Å²) in [5.41, 5.74) is 4.77. The Morgan fingerprint density at radius 1 is 0.974 bits per heavy atom. The zero-order chi connectivity index (χ0) is 27.2. The fraction of sp³-hybridized carbons (Fsp3) is 0.258. The molecule has 0 bridgehead atoms. The van der Waals surface area contributed by atoms with Gasteiger partial charge in [0.15, 0.2) is 0 Å². The quantitative estimate of drug-likeness (QED) is 0.309. The van der Waals surface area contributed by atoms with E-state index >= 15 is 0 Å². The van der Waals surface area contributed by atoms with Gasteiger partial charge in [-0.3, -0.25) is 4.79 Å². The molecule has 8 heteroatoms. The van der Waals surface area contributed by atoms with E-state index in [9.17, 15) is 9.59 Å². The molecular formula is C31H33N5O3. The lowest BCUT2D eigenvalue weighted by atomic mass is 10.0. The Hall–Kier alpha value is -4.59. The molecule has 0 radical (unpaired) electrons. The molecule has 1 atom stereocenters. The second kappa shape index (κ2) is 11.9. The number of nitrogens with one attached hydrogen (secondary N) is 2. The van der Waals surface area contributed by atoms with E-state index in [1.165, 1.54) is 0 Å². The average Bonchev–Trinajstić information content (AvgIpc) is 3.64. The van der Waals surface area contributed by atoms with Crippen molar-refractivity contribution in [2.24, 2.45) is 0 Å². The Morgan fingerprint density at radius 3 is 2.46 bits per heavy atom. The molecule has 200 valence electrons. The van der Waals surface area contributed by atoms with Crippen molar-refractivity contribution in [2.45, 2.75) is 31.8 Å². The third-order valence-corrected chi connectivity index (χ3v) is 7.09. The SMILES string of the molecule is CNC(=O)CCn1cc(-c2ccc(-c3ccccc3)cc2)nc1C1CCCN1C(=O)Nc1cccc(OC)c1. The monoisotopic (exact) mass is 523 g/mol. The molecule has 1 aliphatic rings. The largest absolute Gasteiger partial charge is 0.497 e. The van der Waals surface area contributed by atoms with Gasteiger partial charge in [0.2, 0.25) is 5.91 Å². The number of urea groups is 1. The molecule has 1 saturated heterocycles. The lowest BCUT2D eigenvalue weighted by Crippen LogP contribution is -2.35. The molecule has 1 aromatic heterocycles. The number of rotatable bonds is 8. The molecule has 1 unspecified atom stereocenters. The van der Waals surface area contributed by atoms with Crippen LogP contribution in [0.15, 0.2) is 85.1 Å². The minimum atomic E-state index is -0.197. The second-order valence-electron chi connectivity index (χ2n) is 9.56. The van der Waals surface area contributed by atoms with Gasteiger partial charge < -0.3 is 24.8 Å². The Kier molecular flexibility index (Phi) is 7.91. The zero-order valence-electron chi connectivity index (χ0n) is 22.3. The number of nitrogens with zero attached hydrogens (tertiary/aromatic N) is 3. The van der Waals surface area contributed by atoms with Crippen LogP contribution >= 0.6 is 0 Å². The molecule has 2 heterocycles. The lowest BCUT2D eigenvalue weighted by molar-refractivity contribution is -0.120. The third-order valence-electron chi connectivity index (χ3n) is 7.09. The van der Waals surface area contributed by atoms with Crippen molar-refractivity contribution in [1.82, 2.24) is 19.8 Å². The highest BCUT2D eigenvalue weighted by molar-refractivity contribution is 5.90. The van der Waals surface area contributed by atoms with Gasteiger partial charge in [0.25, 0.3) is 0 Å². The maximum Gasteiger partial charge on any atom is 0.322 e. The number of methoxy groups -OCH3 is 1. The van der Waals surface area contributed by atoms with Crippen LogP contribution in [0.2, 0.25) is 0 Å². The first-order chi connectivity index (χ1) is 19.1. The third kappa shape index (κ3) is 5.95. The van der Waals surface area contributed by atoms with Gasteiger partial charge in [0, 0.05) is 50.1 Å². The predicted octanol–water partition coefficient (Wildman–Crippen LogP) is 5.73. The number of ether oxygens (including phenoxy) is 1. The van der Waals surface area contributed by atoms with Crippen molar-refractivity contribution in [2.75, 3.05) is 26.0 Å². The number of hydrogen-bond acceptors (Lipinski definition) is 4. The van der Waals surface area contributed by atoms with Crippen LogP contribution in [0.5, 0.6) is 5.75 Å². The van der Waals surface area contributed by atoms with Gasteiger partial charge in [-0.1, -0.05) is 60.7 Å². The van der Waals surface area contributed by atoms with Crippen molar-refractivity contribution in [3.05, 3.63) is 90.9 Å². The Balaban J connectivity index is 1.42. The van der Waals surface area contributed by atoms with Crippen molar-refractivity contribution in [3.63, 3.8) is 0 Å².